The minimum absolute atomic E-state index is 0.198. The molecular weight excluding hydrogens is 412 g/mol. The number of pyridine rings is 1. The molecule has 176 valence electrons. The van der Waals surface area contributed by atoms with E-state index in [2.05, 4.69) is 50.0 Å². The van der Waals surface area contributed by atoms with Crippen LogP contribution in [0.15, 0.2) is 42.5 Å². The molecule has 1 saturated carbocycles. The molecule has 2 aliphatic heterocycles. The van der Waals surface area contributed by atoms with E-state index in [-0.39, 0.29) is 12.0 Å². The van der Waals surface area contributed by atoms with Crippen LogP contribution >= 0.6 is 0 Å². The molecule has 1 aliphatic carbocycles. The van der Waals surface area contributed by atoms with Gasteiger partial charge in [-0.05, 0) is 43.4 Å². The molecule has 1 saturated heterocycles. The molecule has 0 spiro atoms. The van der Waals surface area contributed by atoms with Gasteiger partial charge < -0.3 is 14.5 Å². The van der Waals surface area contributed by atoms with Gasteiger partial charge in [0.1, 0.15) is 5.82 Å². The first-order valence-corrected chi connectivity index (χ1v) is 12.6. The standard InChI is InChI=1S/C27H36N4O2/c1-33-26-13-7-12-25(28-26)30-18-16-29(17-19-30)20-23-15-14-21-8-5-6-11-24(21)31(23)27(32)22-9-3-2-4-10-22/h5-8,11-13,22-23H,2-4,9-10,14-20H2,1H3. The van der Waals surface area contributed by atoms with Crippen LogP contribution in [0.2, 0.25) is 0 Å². The summed E-state index contributed by atoms with van der Waals surface area (Å²) in [6.07, 6.45) is 7.87. The number of amides is 1. The highest BCUT2D eigenvalue weighted by molar-refractivity contribution is 5.97. The van der Waals surface area contributed by atoms with Gasteiger partial charge in [-0.15, -0.1) is 0 Å². The van der Waals surface area contributed by atoms with Crippen molar-refractivity contribution in [3.63, 3.8) is 0 Å². The summed E-state index contributed by atoms with van der Waals surface area (Å²) < 4.78 is 5.29. The van der Waals surface area contributed by atoms with Gasteiger partial charge in [0.25, 0.3) is 0 Å². The number of carbonyl (C=O) groups is 1. The van der Waals surface area contributed by atoms with Crippen LogP contribution in [0.25, 0.3) is 0 Å². The van der Waals surface area contributed by atoms with E-state index >= 15 is 0 Å². The van der Waals surface area contributed by atoms with Crippen molar-refractivity contribution in [2.45, 2.75) is 51.0 Å². The fraction of sp³-hybridized carbons (Fsp3) is 0.556. The Bertz CT molecular complexity index is 951. The van der Waals surface area contributed by atoms with Gasteiger partial charge in [0.15, 0.2) is 0 Å². The number of para-hydroxylation sites is 1. The molecule has 1 atom stereocenters. The van der Waals surface area contributed by atoms with Crippen molar-refractivity contribution in [1.82, 2.24) is 9.88 Å². The summed E-state index contributed by atoms with van der Waals surface area (Å²) in [5.74, 6) is 2.21. The first-order chi connectivity index (χ1) is 16.2. The summed E-state index contributed by atoms with van der Waals surface area (Å²) >= 11 is 0. The molecule has 6 nitrogen and oxygen atoms in total. The van der Waals surface area contributed by atoms with Crippen molar-refractivity contribution in [3.8, 4) is 5.88 Å². The van der Waals surface area contributed by atoms with Crippen molar-refractivity contribution >= 4 is 17.4 Å². The number of ether oxygens (including phenoxy) is 1. The van der Waals surface area contributed by atoms with E-state index in [0.717, 1.165) is 69.9 Å². The quantitative estimate of drug-likeness (QED) is 0.688. The van der Waals surface area contributed by atoms with Crippen LogP contribution in [0.5, 0.6) is 5.88 Å². The van der Waals surface area contributed by atoms with E-state index in [9.17, 15) is 4.79 Å². The maximum atomic E-state index is 13.7. The fourth-order valence-electron chi connectivity index (χ4n) is 5.77. The Kier molecular flexibility index (Phi) is 6.81. The Labute approximate surface area is 197 Å². The van der Waals surface area contributed by atoms with Crippen LogP contribution in [0.4, 0.5) is 11.5 Å². The van der Waals surface area contributed by atoms with Crippen LogP contribution in [0, 0.1) is 5.92 Å². The zero-order valence-electron chi connectivity index (χ0n) is 19.8. The monoisotopic (exact) mass is 448 g/mol. The topological polar surface area (TPSA) is 48.9 Å². The van der Waals surface area contributed by atoms with E-state index in [4.69, 9.17) is 4.74 Å². The molecule has 1 aromatic heterocycles. The minimum atomic E-state index is 0.198. The number of hydrogen-bond acceptors (Lipinski definition) is 5. The molecule has 5 rings (SSSR count). The van der Waals surface area contributed by atoms with Crippen molar-refractivity contribution in [2.24, 2.45) is 5.92 Å². The number of carbonyl (C=O) groups excluding carboxylic acids is 1. The van der Waals surface area contributed by atoms with Crippen molar-refractivity contribution in [2.75, 3.05) is 49.6 Å². The molecule has 1 unspecified atom stereocenters. The Balaban J connectivity index is 1.27. The van der Waals surface area contributed by atoms with Gasteiger partial charge in [0.05, 0.1) is 7.11 Å². The predicted octanol–water partition coefficient (Wildman–Crippen LogP) is 4.14. The molecule has 1 aromatic carbocycles. The lowest BCUT2D eigenvalue weighted by molar-refractivity contribution is -0.124. The average Bonchev–Trinajstić information content (AvgIpc) is 2.89. The third kappa shape index (κ3) is 4.86. The summed E-state index contributed by atoms with van der Waals surface area (Å²) in [6.45, 7) is 4.82. The van der Waals surface area contributed by atoms with E-state index in [1.54, 1.807) is 7.11 Å². The molecule has 3 heterocycles. The summed E-state index contributed by atoms with van der Waals surface area (Å²) in [5.41, 5.74) is 2.48. The number of piperazine rings is 1. The first kappa shape index (κ1) is 22.2. The molecular formula is C27H36N4O2. The molecule has 2 aromatic rings. The summed E-state index contributed by atoms with van der Waals surface area (Å²) in [7, 11) is 1.66. The van der Waals surface area contributed by atoms with Crippen molar-refractivity contribution in [3.05, 3.63) is 48.0 Å². The van der Waals surface area contributed by atoms with Gasteiger partial charge in [-0.1, -0.05) is 43.5 Å². The molecule has 0 radical (unpaired) electrons. The Morgan fingerprint density at radius 2 is 1.76 bits per heavy atom. The highest BCUT2D eigenvalue weighted by Gasteiger charge is 2.36. The second kappa shape index (κ2) is 10.1. The zero-order chi connectivity index (χ0) is 22.6. The van der Waals surface area contributed by atoms with Gasteiger partial charge in [-0.25, -0.2) is 0 Å². The van der Waals surface area contributed by atoms with Gasteiger partial charge in [-0.2, -0.15) is 4.98 Å². The largest absolute Gasteiger partial charge is 0.481 e. The maximum absolute atomic E-state index is 13.7. The van der Waals surface area contributed by atoms with E-state index < -0.39 is 0 Å². The lowest BCUT2D eigenvalue weighted by Gasteiger charge is -2.43. The summed E-state index contributed by atoms with van der Waals surface area (Å²) in [5, 5.41) is 0. The van der Waals surface area contributed by atoms with Crippen LogP contribution in [-0.2, 0) is 11.2 Å². The summed E-state index contributed by atoms with van der Waals surface area (Å²) in [4.78, 5) is 25.4. The fourth-order valence-corrected chi connectivity index (χ4v) is 5.77. The number of aromatic nitrogens is 1. The van der Waals surface area contributed by atoms with Crippen LogP contribution in [-0.4, -0.2) is 61.7 Å². The van der Waals surface area contributed by atoms with Crippen LogP contribution < -0.4 is 14.5 Å². The van der Waals surface area contributed by atoms with Crippen molar-refractivity contribution in [1.29, 1.82) is 0 Å². The van der Waals surface area contributed by atoms with Crippen LogP contribution in [0.1, 0.15) is 44.1 Å². The second-order valence-corrected chi connectivity index (χ2v) is 9.69. The van der Waals surface area contributed by atoms with E-state index in [0.29, 0.717) is 11.8 Å². The molecule has 6 heteroatoms. The number of aryl methyl sites for hydroxylation is 1. The predicted molar refractivity (Wildman–Crippen MR) is 132 cm³/mol. The van der Waals surface area contributed by atoms with E-state index in [1.807, 2.05) is 12.1 Å². The normalized spacial score (nSPS) is 22.2. The number of fused-ring (bicyclic) bond motifs is 1. The molecule has 1 amide bonds. The number of rotatable bonds is 5. The first-order valence-electron chi connectivity index (χ1n) is 12.6. The molecule has 0 bridgehead atoms. The number of anilines is 2. The molecule has 3 aliphatic rings. The lowest BCUT2D eigenvalue weighted by atomic mass is 9.86. The zero-order valence-corrected chi connectivity index (χ0v) is 19.8. The Hall–Kier alpha value is -2.60. The number of methoxy groups -OCH3 is 1. The van der Waals surface area contributed by atoms with Gasteiger partial charge in [0, 0.05) is 56.4 Å². The van der Waals surface area contributed by atoms with Gasteiger partial charge in [-0.3, -0.25) is 9.69 Å². The van der Waals surface area contributed by atoms with Gasteiger partial charge >= 0.3 is 0 Å². The lowest BCUT2D eigenvalue weighted by Crippen LogP contribution is -2.55. The van der Waals surface area contributed by atoms with Crippen LogP contribution in [0.3, 0.4) is 0 Å². The van der Waals surface area contributed by atoms with Gasteiger partial charge in [0.2, 0.25) is 11.8 Å². The molecule has 0 N–H and O–H groups in total. The maximum Gasteiger partial charge on any atom is 0.230 e. The molecule has 33 heavy (non-hydrogen) atoms. The number of benzene rings is 1. The highest BCUT2D eigenvalue weighted by Crippen LogP contribution is 2.35. The third-order valence-electron chi connectivity index (χ3n) is 7.64. The smallest absolute Gasteiger partial charge is 0.230 e. The Morgan fingerprint density at radius 3 is 2.55 bits per heavy atom. The highest BCUT2D eigenvalue weighted by atomic mass is 16.5. The summed E-state index contributed by atoms with van der Waals surface area (Å²) in [6, 6.07) is 14.8. The molecule has 2 fully saturated rings. The minimum Gasteiger partial charge on any atom is -0.481 e. The van der Waals surface area contributed by atoms with Crippen molar-refractivity contribution < 1.29 is 9.53 Å². The second-order valence-electron chi connectivity index (χ2n) is 9.69. The SMILES string of the molecule is COc1cccc(N2CCN(CC3CCc4ccccc4N3C(=O)C3CCCCC3)CC2)n1. The third-order valence-corrected chi connectivity index (χ3v) is 7.64. The van der Waals surface area contributed by atoms with E-state index in [1.165, 1.54) is 24.8 Å². The Morgan fingerprint density at radius 1 is 0.970 bits per heavy atom. The number of hydrogen-bond donors (Lipinski definition) is 0. The number of nitrogens with zero attached hydrogens (tertiary/aromatic N) is 4. The average molecular weight is 449 g/mol.